The first-order valence-corrected chi connectivity index (χ1v) is 6.57. The summed E-state index contributed by atoms with van der Waals surface area (Å²) in [5, 5.41) is 0. The summed E-state index contributed by atoms with van der Waals surface area (Å²) in [6.07, 6.45) is 0.474. The maximum Gasteiger partial charge on any atom is 0.126 e. The third-order valence-electron chi connectivity index (χ3n) is 3.61. The van der Waals surface area contributed by atoms with E-state index in [-0.39, 0.29) is 5.82 Å². The van der Waals surface area contributed by atoms with Crippen molar-refractivity contribution in [1.29, 1.82) is 0 Å². The molecule has 0 saturated heterocycles. The minimum atomic E-state index is -0.196. The fourth-order valence-corrected chi connectivity index (χ4v) is 2.46. The van der Waals surface area contributed by atoms with Gasteiger partial charge in [0.1, 0.15) is 11.6 Å². The van der Waals surface area contributed by atoms with Crippen molar-refractivity contribution in [3.05, 3.63) is 65.2 Å². The minimum Gasteiger partial charge on any atom is -0.331 e. The predicted molar refractivity (Wildman–Crippen MR) is 77.8 cm³/mol. The van der Waals surface area contributed by atoms with E-state index >= 15 is 0 Å². The number of fused-ring (bicyclic) bond motifs is 1. The maximum absolute atomic E-state index is 13.8. The molecule has 1 aromatic heterocycles. The molecule has 0 fully saturated rings. The Morgan fingerprint density at radius 1 is 1.10 bits per heavy atom. The summed E-state index contributed by atoms with van der Waals surface area (Å²) >= 11 is 0. The van der Waals surface area contributed by atoms with Gasteiger partial charge in [-0.25, -0.2) is 9.37 Å². The van der Waals surface area contributed by atoms with E-state index in [2.05, 4.69) is 4.98 Å². The van der Waals surface area contributed by atoms with Crippen LogP contribution in [0.2, 0.25) is 0 Å². The molecule has 2 N–H and O–H groups in total. The van der Waals surface area contributed by atoms with Gasteiger partial charge < -0.3 is 10.3 Å². The van der Waals surface area contributed by atoms with Gasteiger partial charge in [0.25, 0.3) is 0 Å². The molecule has 3 aromatic rings. The number of imidazole rings is 1. The highest BCUT2D eigenvalue weighted by atomic mass is 19.1. The highest BCUT2D eigenvalue weighted by molar-refractivity contribution is 5.79. The Morgan fingerprint density at radius 2 is 1.85 bits per heavy atom. The molecule has 4 heteroatoms. The topological polar surface area (TPSA) is 43.8 Å². The number of nitrogens with zero attached hydrogens (tertiary/aromatic N) is 2. The SMILES string of the molecule is Cn1c(Cc2ccccc2F)nc2c(CN)cccc21. The average molecular weight is 269 g/mol. The van der Waals surface area contributed by atoms with Gasteiger partial charge in [-0.05, 0) is 23.3 Å². The Morgan fingerprint density at radius 3 is 2.60 bits per heavy atom. The van der Waals surface area contributed by atoms with Crippen molar-refractivity contribution in [1.82, 2.24) is 9.55 Å². The van der Waals surface area contributed by atoms with E-state index in [0.29, 0.717) is 18.5 Å². The predicted octanol–water partition coefficient (Wildman–Crippen LogP) is 2.76. The van der Waals surface area contributed by atoms with Gasteiger partial charge in [0.2, 0.25) is 0 Å². The third-order valence-corrected chi connectivity index (χ3v) is 3.61. The highest BCUT2D eigenvalue weighted by Gasteiger charge is 2.12. The first kappa shape index (κ1) is 12.8. The molecular formula is C16H16FN3. The molecule has 0 spiro atoms. The number of hydrogen-bond acceptors (Lipinski definition) is 2. The summed E-state index contributed by atoms with van der Waals surface area (Å²) in [5.41, 5.74) is 9.34. The second kappa shape index (κ2) is 5.06. The van der Waals surface area contributed by atoms with Gasteiger partial charge in [0.15, 0.2) is 0 Å². The van der Waals surface area contributed by atoms with Gasteiger partial charge in [-0.2, -0.15) is 0 Å². The van der Waals surface area contributed by atoms with Crippen LogP contribution in [0.25, 0.3) is 11.0 Å². The van der Waals surface area contributed by atoms with E-state index < -0.39 is 0 Å². The standard InChI is InChI=1S/C16H16FN3/c1-20-14-8-4-6-12(10-18)16(14)19-15(20)9-11-5-2-3-7-13(11)17/h2-8H,9-10,18H2,1H3. The van der Waals surface area contributed by atoms with Crippen molar-refractivity contribution in [2.24, 2.45) is 12.8 Å². The largest absolute Gasteiger partial charge is 0.331 e. The van der Waals surface area contributed by atoms with Gasteiger partial charge in [-0.3, -0.25) is 0 Å². The van der Waals surface area contributed by atoms with Crippen molar-refractivity contribution in [2.75, 3.05) is 0 Å². The van der Waals surface area contributed by atoms with Crippen LogP contribution >= 0.6 is 0 Å². The summed E-state index contributed by atoms with van der Waals surface area (Å²) in [4.78, 5) is 4.64. The lowest BCUT2D eigenvalue weighted by molar-refractivity contribution is 0.611. The molecule has 1 heterocycles. The molecular weight excluding hydrogens is 253 g/mol. The van der Waals surface area contributed by atoms with Crippen LogP contribution in [0.5, 0.6) is 0 Å². The van der Waals surface area contributed by atoms with Crippen LogP contribution in [0.15, 0.2) is 42.5 Å². The Kier molecular flexibility index (Phi) is 3.24. The zero-order valence-electron chi connectivity index (χ0n) is 11.3. The van der Waals surface area contributed by atoms with Crippen LogP contribution < -0.4 is 5.73 Å². The van der Waals surface area contributed by atoms with E-state index in [1.54, 1.807) is 12.1 Å². The van der Waals surface area contributed by atoms with Crippen molar-refractivity contribution < 1.29 is 4.39 Å². The molecule has 3 rings (SSSR count). The monoisotopic (exact) mass is 269 g/mol. The van der Waals surface area contributed by atoms with Crippen molar-refractivity contribution in [3.8, 4) is 0 Å². The number of aryl methyl sites for hydroxylation is 1. The molecule has 3 nitrogen and oxygen atoms in total. The molecule has 0 bridgehead atoms. The van der Waals surface area contributed by atoms with E-state index in [9.17, 15) is 4.39 Å². The van der Waals surface area contributed by atoms with Crippen molar-refractivity contribution in [2.45, 2.75) is 13.0 Å². The first-order valence-electron chi connectivity index (χ1n) is 6.57. The third kappa shape index (κ3) is 2.08. The highest BCUT2D eigenvalue weighted by Crippen LogP contribution is 2.21. The summed E-state index contributed by atoms with van der Waals surface area (Å²) < 4.78 is 15.8. The van der Waals surface area contributed by atoms with Crippen LogP contribution in [-0.2, 0) is 20.0 Å². The number of aromatic nitrogens is 2. The molecule has 0 aliphatic heterocycles. The van der Waals surface area contributed by atoms with E-state index in [1.807, 2.05) is 35.9 Å². The van der Waals surface area contributed by atoms with Gasteiger partial charge >= 0.3 is 0 Å². The zero-order valence-corrected chi connectivity index (χ0v) is 11.3. The summed E-state index contributed by atoms with van der Waals surface area (Å²) in [6.45, 7) is 0.452. The van der Waals surface area contributed by atoms with Crippen molar-refractivity contribution >= 4 is 11.0 Å². The number of nitrogens with two attached hydrogens (primary N) is 1. The Bertz CT molecular complexity index is 762. The molecule has 0 radical (unpaired) electrons. The van der Waals surface area contributed by atoms with Gasteiger partial charge in [-0.1, -0.05) is 30.3 Å². The minimum absolute atomic E-state index is 0.196. The molecule has 0 saturated carbocycles. The zero-order chi connectivity index (χ0) is 14.1. The number of rotatable bonds is 3. The molecule has 0 amide bonds. The lowest BCUT2D eigenvalue weighted by atomic mass is 10.1. The molecule has 102 valence electrons. The fraction of sp³-hybridized carbons (Fsp3) is 0.188. The van der Waals surface area contributed by atoms with Crippen LogP contribution in [0.3, 0.4) is 0 Å². The van der Waals surface area contributed by atoms with E-state index in [1.165, 1.54) is 6.07 Å². The number of para-hydroxylation sites is 1. The van der Waals surface area contributed by atoms with Crippen molar-refractivity contribution in [3.63, 3.8) is 0 Å². The molecule has 0 aliphatic carbocycles. The van der Waals surface area contributed by atoms with Gasteiger partial charge in [-0.15, -0.1) is 0 Å². The number of halogens is 1. The van der Waals surface area contributed by atoms with Crippen LogP contribution in [0.1, 0.15) is 17.0 Å². The second-order valence-corrected chi connectivity index (χ2v) is 4.84. The summed E-state index contributed by atoms with van der Waals surface area (Å²) in [5.74, 6) is 0.643. The molecule has 20 heavy (non-hydrogen) atoms. The molecule has 0 atom stereocenters. The van der Waals surface area contributed by atoms with Gasteiger partial charge in [0.05, 0.1) is 11.0 Å². The number of benzene rings is 2. The maximum atomic E-state index is 13.8. The lowest BCUT2D eigenvalue weighted by Gasteiger charge is -2.03. The summed E-state index contributed by atoms with van der Waals surface area (Å²) in [7, 11) is 1.95. The second-order valence-electron chi connectivity index (χ2n) is 4.84. The Labute approximate surface area is 116 Å². The number of hydrogen-bond donors (Lipinski definition) is 1. The van der Waals surface area contributed by atoms with Crippen LogP contribution in [0.4, 0.5) is 4.39 Å². The normalized spacial score (nSPS) is 11.2. The first-order chi connectivity index (χ1) is 9.70. The fourth-order valence-electron chi connectivity index (χ4n) is 2.46. The summed E-state index contributed by atoms with van der Waals surface area (Å²) in [6, 6.07) is 12.8. The Balaban J connectivity index is 2.09. The lowest BCUT2D eigenvalue weighted by Crippen LogP contribution is -2.00. The van der Waals surface area contributed by atoms with E-state index in [0.717, 1.165) is 22.4 Å². The van der Waals surface area contributed by atoms with Crippen LogP contribution in [0, 0.1) is 5.82 Å². The quantitative estimate of drug-likeness (QED) is 0.794. The van der Waals surface area contributed by atoms with E-state index in [4.69, 9.17) is 5.73 Å². The van der Waals surface area contributed by atoms with Crippen LogP contribution in [-0.4, -0.2) is 9.55 Å². The Hall–Kier alpha value is -2.20. The molecule has 2 aromatic carbocycles. The van der Waals surface area contributed by atoms with Gasteiger partial charge in [0, 0.05) is 20.0 Å². The average Bonchev–Trinajstić information content (AvgIpc) is 2.78. The molecule has 0 unspecified atom stereocenters. The molecule has 0 aliphatic rings. The smallest absolute Gasteiger partial charge is 0.126 e.